The SMILES string of the molecule is CC(c1nc(N)nc(Nc2ccccc2)n1)N1CCNC(=O)C1. The summed E-state index contributed by atoms with van der Waals surface area (Å²) >= 11 is 0. The average Bonchev–Trinajstić information content (AvgIpc) is 2.54. The molecule has 120 valence electrons. The lowest BCUT2D eigenvalue weighted by Crippen LogP contribution is -2.48. The fourth-order valence-corrected chi connectivity index (χ4v) is 2.45. The van der Waals surface area contributed by atoms with Crippen molar-refractivity contribution in [3.63, 3.8) is 0 Å². The number of para-hydroxylation sites is 1. The molecule has 1 fully saturated rings. The molecule has 1 amide bonds. The molecule has 0 aliphatic carbocycles. The summed E-state index contributed by atoms with van der Waals surface area (Å²) < 4.78 is 0. The number of hydrogen-bond acceptors (Lipinski definition) is 7. The van der Waals surface area contributed by atoms with Crippen LogP contribution in [0.2, 0.25) is 0 Å². The number of carbonyl (C=O) groups excluding carboxylic acids is 1. The highest BCUT2D eigenvalue weighted by Crippen LogP contribution is 2.20. The Balaban J connectivity index is 1.80. The molecule has 1 aromatic carbocycles. The van der Waals surface area contributed by atoms with E-state index >= 15 is 0 Å². The van der Waals surface area contributed by atoms with Crippen LogP contribution in [-0.4, -0.2) is 45.4 Å². The largest absolute Gasteiger partial charge is 0.368 e. The molecule has 0 bridgehead atoms. The van der Waals surface area contributed by atoms with Crippen LogP contribution in [0, 0.1) is 0 Å². The number of piperazine rings is 1. The topological polar surface area (TPSA) is 109 Å². The minimum atomic E-state index is -0.123. The quantitative estimate of drug-likeness (QED) is 0.762. The van der Waals surface area contributed by atoms with Crippen molar-refractivity contribution in [3.05, 3.63) is 36.2 Å². The number of rotatable bonds is 4. The van der Waals surface area contributed by atoms with Crippen LogP contribution in [0.15, 0.2) is 30.3 Å². The van der Waals surface area contributed by atoms with Crippen LogP contribution in [0.4, 0.5) is 17.6 Å². The molecule has 2 heterocycles. The van der Waals surface area contributed by atoms with Gasteiger partial charge in [-0.25, -0.2) is 0 Å². The summed E-state index contributed by atoms with van der Waals surface area (Å²) in [6.45, 7) is 3.66. The van der Waals surface area contributed by atoms with Gasteiger partial charge in [0.25, 0.3) is 0 Å². The maximum atomic E-state index is 11.5. The molecule has 8 heteroatoms. The highest BCUT2D eigenvalue weighted by atomic mass is 16.2. The van der Waals surface area contributed by atoms with Crippen LogP contribution in [-0.2, 0) is 4.79 Å². The van der Waals surface area contributed by atoms with Gasteiger partial charge in [0.1, 0.15) is 0 Å². The summed E-state index contributed by atoms with van der Waals surface area (Å²) in [5.74, 6) is 1.10. The Bertz CT molecular complexity index is 691. The minimum Gasteiger partial charge on any atom is -0.368 e. The van der Waals surface area contributed by atoms with Gasteiger partial charge >= 0.3 is 0 Å². The average molecular weight is 313 g/mol. The molecular formula is C15H19N7O. The molecular weight excluding hydrogens is 294 g/mol. The Morgan fingerprint density at radius 3 is 2.78 bits per heavy atom. The predicted octanol–water partition coefficient (Wildman–Crippen LogP) is 0.690. The van der Waals surface area contributed by atoms with E-state index in [-0.39, 0.29) is 17.9 Å². The van der Waals surface area contributed by atoms with Crippen LogP contribution in [0.1, 0.15) is 18.8 Å². The smallest absolute Gasteiger partial charge is 0.234 e. The molecule has 1 aliphatic rings. The van der Waals surface area contributed by atoms with Gasteiger partial charge < -0.3 is 16.4 Å². The van der Waals surface area contributed by atoms with E-state index in [0.29, 0.717) is 24.9 Å². The Morgan fingerprint density at radius 1 is 1.26 bits per heavy atom. The minimum absolute atomic E-state index is 0.00719. The van der Waals surface area contributed by atoms with Crippen LogP contribution < -0.4 is 16.4 Å². The second-order valence-electron chi connectivity index (χ2n) is 5.36. The van der Waals surface area contributed by atoms with Gasteiger partial charge in [-0.3, -0.25) is 9.69 Å². The Labute approximate surface area is 134 Å². The number of hydrogen-bond donors (Lipinski definition) is 3. The van der Waals surface area contributed by atoms with Crippen molar-refractivity contribution in [1.29, 1.82) is 0 Å². The zero-order chi connectivity index (χ0) is 16.2. The predicted molar refractivity (Wildman–Crippen MR) is 87.0 cm³/mol. The number of nitrogens with two attached hydrogens (primary N) is 1. The number of anilines is 3. The summed E-state index contributed by atoms with van der Waals surface area (Å²) in [7, 11) is 0. The molecule has 0 radical (unpaired) electrons. The molecule has 4 N–H and O–H groups in total. The van der Waals surface area contributed by atoms with Crippen molar-refractivity contribution in [2.24, 2.45) is 0 Å². The first-order chi connectivity index (χ1) is 11.1. The molecule has 1 aromatic heterocycles. The molecule has 0 spiro atoms. The summed E-state index contributed by atoms with van der Waals surface area (Å²) in [6.07, 6.45) is 0. The van der Waals surface area contributed by atoms with Crippen LogP contribution in [0.3, 0.4) is 0 Å². The normalized spacial score (nSPS) is 16.7. The molecule has 0 saturated carbocycles. The third-order valence-corrected chi connectivity index (χ3v) is 3.69. The summed E-state index contributed by atoms with van der Waals surface area (Å²) in [6, 6.07) is 9.48. The van der Waals surface area contributed by atoms with Crippen molar-refractivity contribution in [2.75, 3.05) is 30.7 Å². The lowest BCUT2D eigenvalue weighted by Gasteiger charge is -2.31. The van der Waals surface area contributed by atoms with Crippen LogP contribution in [0.25, 0.3) is 0 Å². The van der Waals surface area contributed by atoms with Crippen molar-refractivity contribution in [3.8, 4) is 0 Å². The van der Waals surface area contributed by atoms with E-state index in [4.69, 9.17) is 5.73 Å². The molecule has 3 rings (SSSR count). The number of carbonyl (C=O) groups is 1. The lowest BCUT2D eigenvalue weighted by atomic mass is 10.2. The number of nitrogen functional groups attached to an aromatic ring is 1. The molecule has 1 unspecified atom stereocenters. The van der Waals surface area contributed by atoms with E-state index in [2.05, 4.69) is 25.6 Å². The molecule has 1 saturated heterocycles. The van der Waals surface area contributed by atoms with E-state index in [1.165, 1.54) is 0 Å². The highest BCUT2D eigenvalue weighted by molar-refractivity contribution is 5.78. The van der Waals surface area contributed by atoms with Crippen LogP contribution >= 0.6 is 0 Å². The standard InChI is InChI=1S/C15H19N7O/c1-10(22-8-7-17-12(23)9-22)13-19-14(16)21-15(20-13)18-11-5-3-2-4-6-11/h2-6,10H,7-9H2,1H3,(H,17,23)(H3,16,18,19,20,21). The number of nitrogens with one attached hydrogen (secondary N) is 2. The number of benzene rings is 1. The summed E-state index contributed by atoms with van der Waals surface area (Å²) in [5.41, 5.74) is 6.68. The van der Waals surface area contributed by atoms with Gasteiger partial charge in [0.05, 0.1) is 12.6 Å². The van der Waals surface area contributed by atoms with E-state index in [0.717, 1.165) is 12.2 Å². The third-order valence-electron chi connectivity index (χ3n) is 3.69. The van der Waals surface area contributed by atoms with Gasteiger partial charge in [-0.05, 0) is 19.1 Å². The third kappa shape index (κ3) is 3.72. The number of aromatic nitrogens is 3. The van der Waals surface area contributed by atoms with Gasteiger partial charge in [-0.2, -0.15) is 15.0 Å². The Hall–Kier alpha value is -2.74. The molecule has 1 atom stereocenters. The maximum absolute atomic E-state index is 11.5. The zero-order valence-electron chi connectivity index (χ0n) is 12.9. The van der Waals surface area contributed by atoms with Crippen LogP contribution in [0.5, 0.6) is 0 Å². The fourth-order valence-electron chi connectivity index (χ4n) is 2.45. The Morgan fingerprint density at radius 2 is 2.04 bits per heavy atom. The molecule has 23 heavy (non-hydrogen) atoms. The van der Waals surface area contributed by atoms with E-state index in [1.807, 2.05) is 42.2 Å². The monoisotopic (exact) mass is 313 g/mol. The molecule has 1 aliphatic heterocycles. The van der Waals surface area contributed by atoms with E-state index in [1.54, 1.807) is 0 Å². The Kier molecular flexibility index (Phi) is 4.33. The van der Waals surface area contributed by atoms with Gasteiger partial charge in [-0.15, -0.1) is 0 Å². The maximum Gasteiger partial charge on any atom is 0.234 e. The van der Waals surface area contributed by atoms with Gasteiger partial charge in [0.15, 0.2) is 5.82 Å². The van der Waals surface area contributed by atoms with Gasteiger partial charge in [0, 0.05) is 18.8 Å². The first kappa shape index (κ1) is 15.2. The van der Waals surface area contributed by atoms with Crippen molar-refractivity contribution in [1.82, 2.24) is 25.2 Å². The lowest BCUT2D eigenvalue weighted by molar-refractivity contribution is -0.124. The first-order valence-corrected chi connectivity index (χ1v) is 7.46. The summed E-state index contributed by atoms with van der Waals surface area (Å²) in [5, 5.41) is 5.91. The van der Waals surface area contributed by atoms with Gasteiger partial charge in [0.2, 0.25) is 17.8 Å². The van der Waals surface area contributed by atoms with E-state index in [9.17, 15) is 4.79 Å². The molecule has 2 aromatic rings. The second-order valence-corrected chi connectivity index (χ2v) is 5.36. The van der Waals surface area contributed by atoms with E-state index < -0.39 is 0 Å². The second kappa shape index (κ2) is 6.57. The fraction of sp³-hybridized carbons (Fsp3) is 0.333. The molecule has 8 nitrogen and oxygen atoms in total. The number of nitrogens with zero attached hydrogens (tertiary/aromatic N) is 4. The zero-order valence-corrected chi connectivity index (χ0v) is 12.9. The first-order valence-electron chi connectivity index (χ1n) is 7.46. The van der Waals surface area contributed by atoms with Crippen molar-refractivity contribution in [2.45, 2.75) is 13.0 Å². The highest BCUT2D eigenvalue weighted by Gasteiger charge is 2.24. The van der Waals surface area contributed by atoms with Crippen molar-refractivity contribution < 1.29 is 4.79 Å². The van der Waals surface area contributed by atoms with Gasteiger partial charge in [-0.1, -0.05) is 18.2 Å². The number of amides is 1. The van der Waals surface area contributed by atoms with Crippen molar-refractivity contribution >= 4 is 23.5 Å². The summed E-state index contributed by atoms with van der Waals surface area (Å²) in [4.78, 5) is 26.3.